The summed E-state index contributed by atoms with van der Waals surface area (Å²) in [6, 6.07) is 9.19. The van der Waals surface area contributed by atoms with Gasteiger partial charge in [0.15, 0.2) is 11.5 Å². The molecular weight excluding hydrogens is 783 g/mol. The summed E-state index contributed by atoms with van der Waals surface area (Å²) >= 11 is 0. The van der Waals surface area contributed by atoms with Crippen LogP contribution in [0.15, 0.2) is 106 Å². The Morgan fingerprint density at radius 1 is 0.373 bits per heavy atom. The van der Waals surface area contributed by atoms with Gasteiger partial charge in [0.1, 0.15) is 31.9 Å². The van der Waals surface area contributed by atoms with Gasteiger partial charge in [0, 0.05) is 0 Å². The van der Waals surface area contributed by atoms with Crippen molar-refractivity contribution in [2.45, 2.75) is 33.8 Å². The van der Waals surface area contributed by atoms with Crippen molar-refractivity contribution in [3.05, 3.63) is 91.0 Å². The van der Waals surface area contributed by atoms with Crippen LogP contribution in [0, 0.1) is 0 Å². The molecule has 51 heavy (non-hydrogen) atoms. The second-order valence-electron chi connectivity index (χ2n) is 9.25. The molecule has 0 aliphatic carbocycles. The highest BCUT2D eigenvalue weighted by molar-refractivity contribution is 7.87. The van der Waals surface area contributed by atoms with Crippen LogP contribution in [0.2, 0.25) is 0 Å². The van der Waals surface area contributed by atoms with E-state index in [0.717, 1.165) is 6.07 Å². The van der Waals surface area contributed by atoms with Gasteiger partial charge in [0.25, 0.3) is 0 Å². The SMILES string of the molecule is O=S(=O)(Oc1cccc(OS(=O)(=O)c2ccc(OC(F)(F)F)cc2)c1OS(=O)(=O)c1ccc(OC(F)(F)F)cc1)c1ccc(OC(F)(F)F)cc1. The number of halogens is 9. The lowest BCUT2D eigenvalue weighted by Crippen LogP contribution is -2.18. The lowest BCUT2D eigenvalue weighted by Gasteiger charge is -2.17. The molecule has 12 nitrogen and oxygen atoms in total. The van der Waals surface area contributed by atoms with E-state index in [-0.39, 0.29) is 0 Å². The Kier molecular flexibility index (Phi) is 10.5. The first-order chi connectivity index (χ1) is 23.3. The second-order valence-corrected chi connectivity index (χ2v) is 13.9. The highest BCUT2D eigenvalue weighted by Gasteiger charge is 2.34. The molecule has 0 saturated heterocycles. The molecule has 276 valence electrons. The van der Waals surface area contributed by atoms with Crippen molar-refractivity contribution >= 4 is 30.4 Å². The molecule has 0 bridgehead atoms. The lowest BCUT2D eigenvalue weighted by atomic mass is 10.3. The van der Waals surface area contributed by atoms with E-state index in [2.05, 4.69) is 14.2 Å². The third-order valence-corrected chi connectivity index (χ3v) is 9.31. The quantitative estimate of drug-likeness (QED) is 0.111. The second kappa shape index (κ2) is 13.9. The zero-order valence-electron chi connectivity index (χ0n) is 24.2. The summed E-state index contributed by atoms with van der Waals surface area (Å²) in [5.74, 6) is -6.11. The number of para-hydroxylation sites is 1. The van der Waals surface area contributed by atoms with E-state index in [0.29, 0.717) is 84.9 Å². The largest absolute Gasteiger partial charge is 0.573 e. The molecule has 4 aromatic carbocycles. The summed E-state index contributed by atoms with van der Waals surface area (Å²) in [4.78, 5) is -2.58. The smallest absolute Gasteiger partial charge is 0.406 e. The van der Waals surface area contributed by atoms with Gasteiger partial charge in [-0.3, -0.25) is 0 Å². The molecule has 4 aromatic rings. The first-order valence-electron chi connectivity index (χ1n) is 12.9. The summed E-state index contributed by atoms with van der Waals surface area (Å²) in [6.07, 6.45) is -15.4. The minimum absolute atomic E-state index is 0.552. The molecule has 0 aliphatic heterocycles. The van der Waals surface area contributed by atoms with E-state index in [1.807, 2.05) is 0 Å². The van der Waals surface area contributed by atoms with Gasteiger partial charge in [-0.2, -0.15) is 25.3 Å². The van der Waals surface area contributed by atoms with Crippen molar-refractivity contribution in [1.82, 2.24) is 0 Å². The van der Waals surface area contributed by atoms with Crippen LogP contribution >= 0.6 is 0 Å². The predicted octanol–water partition coefficient (Wildman–Crippen LogP) is 6.69. The molecule has 0 unspecified atom stereocenters. The fraction of sp³-hybridized carbons (Fsp3) is 0.111. The normalized spacial score (nSPS) is 12.9. The van der Waals surface area contributed by atoms with E-state index >= 15 is 0 Å². The van der Waals surface area contributed by atoms with Crippen LogP contribution in [0.4, 0.5) is 39.5 Å². The molecule has 0 aromatic heterocycles. The summed E-state index contributed by atoms with van der Waals surface area (Å²) in [5.41, 5.74) is 0. The maximum atomic E-state index is 13.2. The van der Waals surface area contributed by atoms with Crippen LogP contribution in [0.5, 0.6) is 34.5 Å². The van der Waals surface area contributed by atoms with Crippen molar-refractivity contribution in [2.24, 2.45) is 0 Å². The van der Waals surface area contributed by atoms with Crippen LogP contribution < -0.4 is 26.8 Å². The molecule has 24 heteroatoms. The zero-order chi connectivity index (χ0) is 38.0. The molecule has 0 N–H and O–H groups in total. The van der Waals surface area contributed by atoms with Crippen molar-refractivity contribution < 1.29 is 91.5 Å². The average molecular weight is 799 g/mol. The fourth-order valence-electron chi connectivity index (χ4n) is 3.62. The summed E-state index contributed by atoms with van der Waals surface area (Å²) in [5, 5.41) is 0. The molecule has 4 rings (SSSR count). The molecule has 0 aliphatic rings. The number of alkyl halides is 9. The first kappa shape index (κ1) is 38.7. The monoisotopic (exact) mass is 798 g/mol. The topological polar surface area (TPSA) is 158 Å². The first-order valence-corrected chi connectivity index (χ1v) is 17.1. The number of ether oxygens (including phenoxy) is 3. The minimum Gasteiger partial charge on any atom is -0.406 e. The van der Waals surface area contributed by atoms with Gasteiger partial charge in [-0.25, -0.2) is 0 Å². The van der Waals surface area contributed by atoms with E-state index < -0.39 is 98.6 Å². The van der Waals surface area contributed by atoms with Gasteiger partial charge in [0.05, 0.1) is 0 Å². The maximum absolute atomic E-state index is 13.2. The zero-order valence-corrected chi connectivity index (χ0v) is 26.6. The Labute approximate surface area is 280 Å². The van der Waals surface area contributed by atoms with E-state index in [1.165, 1.54) is 0 Å². The molecule has 0 saturated carbocycles. The molecule has 0 heterocycles. The van der Waals surface area contributed by atoms with Gasteiger partial charge in [-0.15, -0.1) is 39.5 Å². The standard InChI is InChI=1S/C27H15F9O12S3/c28-25(29,30)43-16-4-10-19(11-5-16)49(37,38)46-22-2-1-3-23(47-50(39,40)20-12-6-17(7-13-20)44-26(31,32)33)24(22)48-51(41,42)21-14-8-18(9-15-21)45-27(34,35)36/h1-15H. The third-order valence-electron chi connectivity index (χ3n) is 5.57. The summed E-state index contributed by atoms with van der Waals surface area (Å²) in [6.45, 7) is 0. The molecule has 0 spiro atoms. The van der Waals surface area contributed by atoms with E-state index in [9.17, 15) is 64.8 Å². The van der Waals surface area contributed by atoms with Crippen LogP contribution in [0.25, 0.3) is 0 Å². The van der Waals surface area contributed by atoms with Crippen LogP contribution in [-0.2, 0) is 30.4 Å². The molecule has 0 atom stereocenters. The number of benzene rings is 4. The highest BCUT2D eigenvalue weighted by atomic mass is 32.2. The Hall–Kier alpha value is -5.10. The van der Waals surface area contributed by atoms with Gasteiger partial charge >= 0.3 is 49.4 Å². The van der Waals surface area contributed by atoms with Crippen molar-refractivity contribution in [3.63, 3.8) is 0 Å². The number of rotatable bonds is 12. The van der Waals surface area contributed by atoms with Crippen molar-refractivity contribution in [3.8, 4) is 34.5 Å². The molecule has 0 amide bonds. The Morgan fingerprint density at radius 3 is 0.882 bits per heavy atom. The maximum Gasteiger partial charge on any atom is 0.573 e. The highest BCUT2D eigenvalue weighted by Crippen LogP contribution is 2.42. The summed E-state index contributed by atoms with van der Waals surface area (Å²) in [7, 11) is -15.5. The number of hydrogen-bond acceptors (Lipinski definition) is 12. The van der Waals surface area contributed by atoms with Crippen molar-refractivity contribution in [2.75, 3.05) is 0 Å². The predicted molar refractivity (Wildman–Crippen MR) is 149 cm³/mol. The molecule has 0 radical (unpaired) electrons. The average Bonchev–Trinajstić information content (AvgIpc) is 2.97. The Bertz CT molecular complexity index is 2080. The van der Waals surface area contributed by atoms with Crippen LogP contribution in [-0.4, -0.2) is 44.3 Å². The van der Waals surface area contributed by atoms with Gasteiger partial charge in [-0.05, 0) is 84.9 Å². The van der Waals surface area contributed by atoms with Gasteiger partial charge in [0.2, 0.25) is 5.75 Å². The fourth-order valence-corrected chi connectivity index (χ4v) is 6.44. The molecular formula is C27H15F9O12S3. The number of hydrogen-bond donors (Lipinski definition) is 0. The Balaban J connectivity index is 1.74. The minimum atomic E-state index is -5.24. The Morgan fingerprint density at radius 2 is 0.627 bits per heavy atom. The van der Waals surface area contributed by atoms with E-state index in [4.69, 9.17) is 12.5 Å². The van der Waals surface area contributed by atoms with Crippen LogP contribution in [0.1, 0.15) is 0 Å². The van der Waals surface area contributed by atoms with E-state index in [1.54, 1.807) is 0 Å². The summed E-state index contributed by atoms with van der Waals surface area (Å²) < 4.78 is 217. The van der Waals surface area contributed by atoms with Gasteiger partial charge in [-0.1, -0.05) is 6.07 Å². The van der Waals surface area contributed by atoms with Crippen molar-refractivity contribution in [1.29, 1.82) is 0 Å². The lowest BCUT2D eigenvalue weighted by molar-refractivity contribution is -0.275. The molecule has 0 fully saturated rings. The van der Waals surface area contributed by atoms with Gasteiger partial charge < -0.3 is 26.8 Å². The van der Waals surface area contributed by atoms with Crippen LogP contribution in [0.3, 0.4) is 0 Å². The third kappa shape index (κ3) is 10.9.